The second-order valence-electron chi connectivity index (χ2n) is 4.90. The number of nitrogens with zero attached hydrogens (tertiary/aromatic N) is 1. The molecule has 2 rings (SSSR count). The van der Waals surface area contributed by atoms with Gasteiger partial charge >= 0.3 is 5.97 Å². The number of carboxylic acid groups (broad SMARTS) is 1. The maximum atomic E-state index is 12.1. The van der Waals surface area contributed by atoms with Crippen molar-refractivity contribution < 1.29 is 19.4 Å². The van der Waals surface area contributed by atoms with E-state index in [1.165, 1.54) is 13.3 Å². The van der Waals surface area contributed by atoms with Crippen LogP contribution in [0.2, 0.25) is 0 Å². The van der Waals surface area contributed by atoms with Gasteiger partial charge in [-0.05, 0) is 18.9 Å². The molecule has 1 saturated carbocycles. The van der Waals surface area contributed by atoms with Crippen molar-refractivity contribution in [2.24, 2.45) is 5.92 Å². The average molecular weight is 278 g/mol. The molecule has 1 aromatic heterocycles. The van der Waals surface area contributed by atoms with Crippen LogP contribution in [0, 0.1) is 5.92 Å². The molecule has 0 spiro atoms. The summed E-state index contributed by atoms with van der Waals surface area (Å²) in [5.41, 5.74) is 0.403. The highest BCUT2D eigenvalue weighted by Crippen LogP contribution is 2.25. The molecule has 1 aromatic rings. The Bertz CT molecular complexity index is 486. The molecule has 2 N–H and O–H groups in total. The van der Waals surface area contributed by atoms with Gasteiger partial charge in [-0.1, -0.05) is 12.8 Å². The molecule has 0 aromatic carbocycles. The molecule has 0 aliphatic heterocycles. The summed E-state index contributed by atoms with van der Waals surface area (Å²) in [5, 5.41) is 12.0. The molecule has 6 nitrogen and oxygen atoms in total. The minimum Gasteiger partial charge on any atom is -0.481 e. The number of hydrogen-bond acceptors (Lipinski definition) is 4. The van der Waals surface area contributed by atoms with Crippen molar-refractivity contribution in [1.29, 1.82) is 0 Å². The van der Waals surface area contributed by atoms with E-state index in [4.69, 9.17) is 4.74 Å². The van der Waals surface area contributed by atoms with Crippen LogP contribution in [0.3, 0.4) is 0 Å². The molecule has 1 aliphatic carbocycles. The molecule has 0 bridgehead atoms. The number of carbonyl (C=O) groups is 2. The van der Waals surface area contributed by atoms with Gasteiger partial charge in [-0.15, -0.1) is 0 Å². The lowest BCUT2D eigenvalue weighted by molar-refractivity contribution is -0.143. The number of methoxy groups -OCH3 is 1. The molecule has 1 heterocycles. The smallest absolute Gasteiger partial charge is 0.308 e. The molecule has 0 saturated heterocycles. The fourth-order valence-electron chi connectivity index (χ4n) is 2.49. The van der Waals surface area contributed by atoms with E-state index in [1.54, 1.807) is 12.1 Å². The summed E-state index contributed by atoms with van der Waals surface area (Å²) in [5.74, 6) is -1.21. The van der Waals surface area contributed by atoms with Crippen molar-refractivity contribution in [3.63, 3.8) is 0 Å². The minimum atomic E-state index is -0.845. The van der Waals surface area contributed by atoms with E-state index in [2.05, 4.69) is 10.3 Å². The first-order chi connectivity index (χ1) is 9.61. The summed E-state index contributed by atoms with van der Waals surface area (Å²) in [6, 6.07) is 2.90. The first-order valence-corrected chi connectivity index (χ1v) is 6.65. The van der Waals surface area contributed by atoms with Crippen LogP contribution in [0.25, 0.3) is 0 Å². The predicted molar refractivity (Wildman–Crippen MR) is 71.6 cm³/mol. The monoisotopic (exact) mass is 278 g/mol. The van der Waals surface area contributed by atoms with Crippen LogP contribution in [0.5, 0.6) is 5.88 Å². The first kappa shape index (κ1) is 14.3. The molecule has 1 aliphatic rings. The number of ether oxygens (including phenoxy) is 1. The lowest BCUT2D eigenvalue weighted by atomic mass is 9.84. The third kappa shape index (κ3) is 3.26. The summed E-state index contributed by atoms with van der Waals surface area (Å²) in [7, 11) is 1.50. The second kappa shape index (κ2) is 6.36. The van der Waals surface area contributed by atoms with Crippen molar-refractivity contribution >= 4 is 11.9 Å². The van der Waals surface area contributed by atoms with Gasteiger partial charge in [-0.25, -0.2) is 4.98 Å². The molecular formula is C14H18N2O4. The number of aromatic nitrogens is 1. The maximum absolute atomic E-state index is 12.1. The van der Waals surface area contributed by atoms with Crippen LogP contribution < -0.4 is 10.1 Å². The molecular weight excluding hydrogens is 260 g/mol. The zero-order valence-corrected chi connectivity index (χ0v) is 11.3. The number of carboxylic acids is 1. The fraction of sp³-hybridized carbons (Fsp3) is 0.500. The van der Waals surface area contributed by atoms with E-state index in [-0.39, 0.29) is 11.9 Å². The average Bonchev–Trinajstić information content (AvgIpc) is 2.47. The van der Waals surface area contributed by atoms with Crippen LogP contribution in [-0.2, 0) is 4.79 Å². The summed E-state index contributed by atoms with van der Waals surface area (Å²) >= 11 is 0. The van der Waals surface area contributed by atoms with Gasteiger partial charge in [0.25, 0.3) is 5.91 Å². The largest absolute Gasteiger partial charge is 0.481 e. The van der Waals surface area contributed by atoms with Crippen LogP contribution in [-0.4, -0.2) is 35.1 Å². The van der Waals surface area contributed by atoms with Crippen LogP contribution in [0.1, 0.15) is 36.0 Å². The van der Waals surface area contributed by atoms with Gasteiger partial charge in [0.1, 0.15) is 0 Å². The Morgan fingerprint density at radius 3 is 2.70 bits per heavy atom. The van der Waals surface area contributed by atoms with Gasteiger partial charge in [0.15, 0.2) is 0 Å². The number of aliphatic carboxylic acids is 1. The van der Waals surface area contributed by atoms with Crippen molar-refractivity contribution in [3.05, 3.63) is 23.9 Å². The summed E-state index contributed by atoms with van der Waals surface area (Å²) in [6.45, 7) is 0. The van der Waals surface area contributed by atoms with Crippen molar-refractivity contribution in [2.45, 2.75) is 31.7 Å². The number of carbonyl (C=O) groups excluding carboxylic acids is 1. The van der Waals surface area contributed by atoms with Crippen LogP contribution in [0.4, 0.5) is 0 Å². The Labute approximate surface area is 117 Å². The van der Waals surface area contributed by atoms with Gasteiger partial charge in [-0.3, -0.25) is 9.59 Å². The zero-order chi connectivity index (χ0) is 14.5. The Morgan fingerprint density at radius 1 is 1.35 bits per heavy atom. The number of amides is 1. The molecule has 2 unspecified atom stereocenters. The summed E-state index contributed by atoms with van der Waals surface area (Å²) in [4.78, 5) is 27.2. The SMILES string of the molecule is COc1ccc(C(=O)NC2CCCCC2C(=O)O)cn1. The molecule has 108 valence electrons. The quantitative estimate of drug-likeness (QED) is 0.870. The maximum Gasteiger partial charge on any atom is 0.308 e. The van der Waals surface area contributed by atoms with Gasteiger partial charge in [0.2, 0.25) is 5.88 Å². The summed E-state index contributed by atoms with van der Waals surface area (Å²) in [6.07, 6.45) is 4.57. The van der Waals surface area contributed by atoms with Gasteiger partial charge in [0, 0.05) is 18.3 Å². The standard InChI is InChI=1S/C14H18N2O4/c1-20-12-7-6-9(8-15-12)13(17)16-11-5-3-2-4-10(11)14(18)19/h6-8,10-11H,2-5H2,1H3,(H,16,17)(H,18,19). The molecule has 2 atom stereocenters. The number of rotatable bonds is 4. The van der Waals surface area contributed by atoms with E-state index in [0.29, 0.717) is 24.3 Å². The second-order valence-corrected chi connectivity index (χ2v) is 4.90. The van der Waals surface area contributed by atoms with E-state index >= 15 is 0 Å². The van der Waals surface area contributed by atoms with E-state index in [9.17, 15) is 14.7 Å². The van der Waals surface area contributed by atoms with Gasteiger partial charge in [-0.2, -0.15) is 0 Å². The minimum absolute atomic E-state index is 0.293. The van der Waals surface area contributed by atoms with Crippen molar-refractivity contribution in [1.82, 2.24) is 10.3 Å². The highest BCUT2D eigenvalue weighted by Gasteiger charge is 2.31. The van der Waals surface area contributed by atoms with E-state index in [0.717, 1.165) is 12.8 Å². The Balaban J connectivity index is 2.03. The van der Waals surface area contributed by atoms with Gasteiger partial charge in [0.05, 0.1) is 18.6 Å². The Kier molecular flexibility index (Phi) is 4.55. The third-order valence-electron chi connectivity index (χ3n) is 3.61. The molecule has 1 fully saturated rings. The lowest BCUT2D eigenvalue weighted by Gasteiger charge is -2.29. The van der Waals surface area contributed by atoms with Crippen molar-refractivity contribution in [2.75, 3.05) is 7.11 Å². The lowest BCUT2D eigenvalue weighted by Crippen LogP contribution is -2.45. The normalized spacial score (nSPS) is 22.1. The molecule has 6 heteroatoms. The van der Waals surface area contributed by atoms with Gasteiger partial charge < -0.3 is 15.2 Å². The number of hydrogen-bond donors (Lipinski definition) is 2. The number of pyridine rings is 1. The van der Waals surface area contributed by atoms with E-state index in [1.807, 2.05) is 0 Å². The Morgan fingerprint density at radius 2 is 2.10 bits per heavy atom. The molecule has 20 heavy (non-hydrogen) atoms. The highest BCUT2D eigenvalue weighted by atomic mass is 16.5. The van der Waals surface area contributed by atoms with Crippen LogP contribution >= 0.6 is 0 Å². The van der Waals surface area contributed by atoms with E-state index < -0.39 is 11.9 Å². The molecule has 1 amide bonds. The summed E-state index contributed by atoms with van der Waals surface area (Å²) < 4.78 is 4.93. The Hall–Kier alpha value is -2.11. The topological polar surface area (TPSA) is 88.5 Å². The third-order valence-corrected chi connectivity index (χ3v) is 3.61. The van der Waals surface area contributed by atoms with Crippen LogP contribution in [0.15, 0.2) is 18.3 Å². The predicted octanol–water partition coefficient (Wildman–Crippen LogP) is 1.46. The van der Waals surface area contributed by atoms with Crippen molar-refractivity contribution in [3.8, 4) is 5.88 Å². The fourth-order valence-corrected chi connectivity index (χ4v) is 2.49. The number of nitrogens with one attached hydrogen (secondary N) is 1. The molecule has 0 radical (unpaired) electrons. The first-order valence-electron chi connectivity index (χ1n) is 6.65. The highest BCUT2D eigenvalue weighted by molar-refractivity contribution is 5.94. The zero-order valence-electron chi connectivity index (χ0n) is 11.3.